The second-order valence-corrected chi connectivity index (χ2v) is 4.76. The molecule has 1 aliphatic heterocycles. The van der Waals surface area contributed by atoms with Gasteiger partial charge in [-0.1, -0.05) is 20.3 Å². The van der Waals surface area contributed by atoms with Crippen molar-refractivity contribution in [2.24, 2.45) is 5.92 Å². The van der Waals surface area contributed by atoms with Gasteiger partial charge in [0.2, 0.25) is 0 Å². The van der Waals surface area contributed by atoms with Gasteiger partial charge >= 0.3 is 0 Å². The third kappa shape index (κ3) is 2.68. The second kappa shape index (κ2) is 4.36. The molecule has 0 saturated carbocycles. The lowest BCUT2D eigenvalue weighted by Crippen LogP contribution is -2.31. The molecule has 1 fully saturated rings. The summed E-state index contributed by atoms with van der Waals surface area (Å²) in [5.41, 5.74) is 0. The minimum Gasteiger partial charge on any atom is -0.302 e. The lowest BCUT2D eigenvalue weighted by atomic mass is 10.1. The zero-order valence-electron chi connectivity index (χ0n) is 7.76. The summed E-state index contributed by atoms with van der Waals surface area (Å²) in [5.74, 6) is 2.13. The first-order chi connectivity index (χ1) is 5.24. The van der Waals surface area contributed by atoms with Crippen molar-refractivity contribution < 1.29 is 0 Å². The Bertz CT molecular complexity index is 116. The van der Waals surface area contributed by atoms with Gasteiger partial charge in [-0.2, -0.15) is 0 Å². The van der Waals surface area contributed by atoms with Gasteiger partial charge in [0.1, 0.15) is 0 Å². The van der Waals surface area contributed by atoms with Crippen LogP contribution in [0.5, 0.6) is 0 Å². The monoisotopic (exact) mass is 173 g/mol. The zero-order valence-corrected chi connectivity index (χ0v) is 8.58. The molecule has 0 radical (unpaired) electrons. The third-order valence-corrected chi connectivity index (χ3v) is 3.89. The molecule has 1 saturated heterocycles. The van der Waals surface area contributed by atoms with Gasteiger partial charge in [0.05, 0.1) is 5.37 Å². The summed E-state index contributed by atoms with van der Waals surface area (Å²) >= 11 is 2.09. The highest BCUT2D eigenvalue weighted by atomic mass is 32.2. The first-order valence-electron chi connectivity index (χ1n) is 4.61. The Morgan fingerprint density at radius 3 is 2.82 bits per heavy atom. The molecule has 3 unspecified atom stereocenters. The van der Waals surface area contributed by atoms with Gasteiger partial charge in [-0.15, -0.1) is 11.8 Å². The van der Waals surface area contributed by atoms with E-state index in [1.54, 1.807) is 0 Å². The van der Waals surface area contributed by atoms with E-state index in [-0.39, 0.29) is 0 Å². The normalized spacial score (nSPS) is 34.1. The molecular formula is C9H19NS. The van der Waals surface area contributed by atoms with E-state index in [0.29, 0.717) is 0 Å². The van der Waals surface area contributed by atoms with E-state index in [9.17, 15) is 0 Å². The molecule has 1 N–H and O–H groups in total. The molecule has 0 aromatic heterocycles. The lowest BCUT2D eigenvalue weighted by molar-refractivity contribution is 0.439. The van der Waals surface area contributed by atoms with Crippen LogP contribution in [-0.4, -0.2) is 17.2 Å². The van der Waals surface area contributed by atoms with Crippen molar-refractivity contribution in [2.75, 3.05) is 5.75 Å². The van der Waals surface area contributed by atoms with Crippen molar-refractivity contribution >= 4 is 11.8 Å². The van der Waals surface area contributed by atoms with Crippen molar-refractivity contribution in [3.8, 4) is 0 Å². The largest absolute Gasteiger partial charge is 0.302 e. The summed E-state index contributed by atoms with van der Waals surface area (Å²) in [6, 6.07) is 0.726. The fourth-order valence-electron chi connectivity index (χ4n) is 1.56. The van der Waals surface area contributed by atoms with Gasteiger partial charge in [0, 0.05) is 11.8 Å². The van der Waals surface area contributed by atoms with Crippen LogP contribution in [0.2, 0.25) is 0 Å². The summed E-state index contributed by atoms with van der Waals surface area (Å²) in [6.07, 6.45) is 2.67. The standard InChI is InChI=1S/C9H19NS/c1-4-5-7(2)9-10-8(3)6-11-9/h7-10H,4-6H2,1-3H3. The minimum atomic E-state index is 0.726. The molecule has 1 rings (SSSR count). The van der Waals surface area contributed by atoms with E-state index in [0.717, 1.165) is 17.3 Å². The molecule has 0 aromatic rings. The molecule has 1 heterocycles. The van der Waals surface area contributed by atoms with E-state index in [1.807, 2.05) is 0 Å². The first kappa shape index (κ1) is 9.40. The smallest absolute Gasteiger partial charge is 0.0560 e. The van der Waals surface area contributed by atoms with Crippen LogP contribution in [0.4, 0.5) is 0 Å². The average Bonchev–Trinajstić information content (AvgIpc) is 2.36. The summed E-state index contributed by atoms with van der Waals surface area (Å²) in [6.45, 7) is 6.89. The molecule has 1 aliphatic rings. The molecule has 0 aliphatic carbocycles. The van der Waals surface area contributed by atoms with Gasteiger partial charge in [0.15, 0.2) is 0 Å². The summed E-state index contributed by atoms with van der Waals surface area (Å²) in [7, 11) is 0. The van der Waals surface area contributed by atoms with Crippen LogP contribution in [0.1, 0.15) is 33.6 Å². The van der Waals surface area contributed by atoms with Crippen molar-refractivity contribution in [1.29, 1.82) is 0 Å². The van der Waals surface area contributed by atoms with Crippen molar-refractivity contribution in [3.05, 3.63) is 0 Å². The third-order valence-electron chi connectivity index (χ3n) is 2.24. The molecular weight excluding hydrogens is 154 g/mol. The Kier molecular flexibility index (Phi) is 3.73. The van der Waals surface area contributed by atoms with E-state index >= 15 is 0 Å². The van der Waals surface area contributed by atoms with Crippen LogP contribution in [0.25, 0.3) is 0 Å². The highest BCUT2D eigenvalue weighted by Gasteiger charge is 2.24. The maximum absolute atomic E-state index is 3.60. The maximum atomic E-state index is 3.60. The molecule has 0 bridgehead atoms. The maximum Gasteiger partial charge on any atom is 0.0560 e. The molecule has 0 aromatic carbocycles. The van der Waals surface area contributed by atoms with Gasteiger partial charge < -0.3 is 5.32 Å². The summed E-state index contributed by atoms with van der Waals surface area (Å²) < 4.78 is 0. The number of hydrogen-bond donors (Lipinski definition) is 1. The van der Waals surface area contributed by atoms with Crippen LogP contribution in [-0.2, 0) is 0 Å². The Morgan fingerprint density at radius 1 is 1.64 bits per heavy atom. The Morgan fingerprint density at radius 2 is 2.36 bits per heavy atom. The van der Waals surface area contributed by atoms with E-state index < -0.39 is 0 Å². The Hall–Kier alpha value is 0.310. The number of rotatable bonds is 3. The van der Waals surface area contributed by atoms with Crippen LogP contribution in [0.3, 0.4) is 0 Å². The topological polar surface area (TPSA) is 12.0 Å². The average molecular weight is 173 g/mol. The predicted molar refractivity (Wildman–Crippen MR) is 52.9 cm³/mol. The second-order valence-electron chi connectivity index (χ2n) is 3.59. The Labute approximate surface area is 74.3 Å². The lowest BCUT2D eigenvalue weighted by Gasteiger charge is -2.18. The van der Waals surface area contributed by atoms with Gasteiger partial charge in [0.25, 0.3) is 0 Å². The van der Waals surface area contributed by atoms with Crippen LogP contribution in [0, 0.1) is 5.92 Å². The van der Waals surface area contributed by atoms with Crippen LogP contribution in [0.15, 0.2) is 0 Å². The molecule has 1 nitrogen and oxygen atoms in total. The first-order valence-corrected chi connectivity index (χ1v) is 5.66. The van der Waals surface area contributed by atoms with E-state index in [2.05, 4.69) is 37.8 Å². The quantitative estimate of drug-likeness (QED) is 0.703. The van der Waals surface area contributed by atoms with Crippen molar-refractivity contribution in [3.63, 3.8) is 0 Å². The van der Waals surface area contributed by atoms with E-state index in [4.69, 9.17) is 0 Å². The summed E-state index contributed by atoms with van der Waals surface area (Å²) in [4.78, 5) is 0. The highest BCUT2D eigenvalue weighted by molar-refractivity contribution is 8.00. The number of nitrogens with one attached hydrogen (secondary N) is 1. The van der Waals surface area contributed by atoms with Gasteiger partial charge in [-0.25, -0.2) is 0 Å². The number of thioether (sulfide) groups is 1. The molecule has 2 heteroatoms. The fraction of sp³-hybridized carbons (Fsp3) is 1.00. The zero-order chi connectivity index (χ0) is 8.27. The SMILES string of the molecule is CCCC(C)C1NC(C)CS1. The Balaban J connectivity index is 2.25. The molecule has 11 heavy (non-hydrogen) atoms. The molecule has 0 spiro atoms. The number of hydrogen-bond acceptors (Lipinski definition) is 2. The molecule has 3 atom stereocenters. The van der Waals surface area contributed by atoms with E-state index in [1.165, 1.54) is 18.6 Å². The van der Waals surface area contributed by atoms with Crippen molar-refractivity contribution in [2.45, 2.75) is 45.0 Å². The van der Waals surface area contributed by atoms with Gasteiger partial charge in [-0.05, 0) is 19.3 Å². The fourth-order valence-corrected chi connectivity index (χ4v) is 2.95. The minimum absolute atomic E-state index is 0.726. The summed E-state index contributed by atoms with van der Waals surface area (Å²) in [5, 5.41) is 4.33. The molecule has 66 valence electrons. The predicted octanol–water partition coefficient (Wildman–Crippen LogP) is 2.47. The molecule has 0 amide bonds. The van der Waals surface area contributed by atoms with Gasteiger partial charge in [-0.3, -0.25) is 0 Å². The van der Waals surface area contributed by atoms with Crippen LogP contribution < -0.4 is 5.32 Å². The van der Waals surface area contributed by atoms with Crippen molar-refractivity contribution in [1.82, 2.24) is 5.32 Å². The van der Waals surface area contributed by atoms with Crippen LogP contribution >= 0.6 is 11.8 Å². The highest BCUT2D eigenvalue weighted by Crippen LogP contribution is 2.27.